The lowest BCUT2D eigenvalue weighted by Crippen LogP contribution is -2.30. The number of phosphoric acid groups is 2. The predicted octanol–water partition coefficient (Wildman–Crippen LogP) is 20.8. The molecule has 0 bridgehead atoms. The number of rotatable bonds is 71. The summed E-state index contributed by atoms with van der Waals surface area (Å²) in [6.07, 6.45) is 50.0. The Bertz CT molecular complexity index is 1770. The van der Waals surface area contributed by atoms with Crippen LogP contribution in [0.5, 0.6) is 0 Å². The molecule has 0 rings (SSSR count). The van der Waals surface area contributed by atoms with Gasteiger partial charge in [-0.2, -0.15) is 0 Å². The molecule has 3 N–H and O–H groups in total. The van der Waals surface area contributed by atoms with Gasteiger partial charge in [0.1, 0.15) is 19.3 Å². The Kier molecular flexibility index (Phi) is 62.7. The largest absolute Gasteiger partial charge is 0.472 e. The Morgan fingerprint density at radius 2 is 0.505 bits per heavy atom. The number of phosphoric ester groups is 2. The Hall–Kier alpha value is -1.94. The van der Waals surface area contributed by atoms with Gasteiger partial charge in [-0.05, 0) is 37.5 Å². The molecule has 540 valence electrons. The van der Waals surface area contributed by atoms with E-state index in [4.69, 9.17) is 37.0 Å². The van der Waals surface area contributed by atoms with E-state index in [9.17, 15) is 43.2 Å². The maximum absolute atomic E-state index is 13.0. The molecule has 0 aromatic rings. The molecule has 19 heteroatoms. The average Bonchev–Trinajstić information content (AvgIpc) is 3.45. The second-order valence-electron chi connectivity index (χ2n) is 26.9. The molecule has 0 radical (unpaired) electrons. The Balaban J connectivity index is 5.22. The van der Waals surface area contributed by atoms with Crippen molar-refractivity contribution in [3.05, 3.63) is 0 Å². The molecule has 0 aliphatic rings. The summed E-state index contributed by atoms with van der Waals surface area (Å²) < 4.78 is 68.3. The first-order valence-electron chi connectivity index (χ1n) is 37.5. The highest BCUT2D eigenvalue weighted by atomic mass is 31.2. The zero-order chi connectivity index (χ0) is 67.2. The highest BCUT2D eigenvalue weighted by Crippen LogP contribution is 2.45. The van der Waals surface area contributed by atoms with E-state index >= 15 is 0 Å². The number of hydrogen-bond acceptors (Lipinski definition) is 15. The van der Waals surface area contributed by atoms with Gasteiger partial charge in [-0.15, -0.1) is 0 Å². The van der Waals surface area contributed by atoms with Gasteiger partial charge in [0, 0.05) is 25.7 Å². The van der Waals surface area contributed by atoms with Gasteiger partial charge < -0.3 is 33.8 Å². The standard InChI is InChI=1S/C72H140O17P2/c1-7-9-11-13-15-17-18-19-20-21-22-23-26-32-38-44-50-56-71(76)88-68(61-83-70(75)55-49-43-37-31-27-24-25-29-34-40-46-52-64(3)4)63-87-91(80,81)85-59-66(73)58-84-90(78,79)86-62-67(60-82-69(74)54-48-42-36-16-14-12-10-8-2)89-72(77)57-51-45-39-33-28-30-35-41-47-53-65(5)6/h64-68,73H,7-63H2,1-6H3,(H,78,79)(H,80,81)/t66-,67+,68+/m0/s1. The monoisotopic (exact) mass is 1340 g/mol. The summed E-state index contributed by atoms with van der Waals surface area (Å²) >= 11 is 0. The van der Waals surface area contributed by atoms with Crippen LogP contribution in [0.15, 0.2) is 0 Å². The predicted molar refractivity (Wildman–Crippen MR) is 368 cm³/mol. The van der Waals surface area contributed by atoms with E-state index in [0.717, 1.165) is 108 Å². The number of unbranched alkanes of at least 4 members (excludes halogenated alkanes) is 41. The van der Waals surface area contributed by atoms with Crippen LogP contribution in [-0.2, 0) is 65.4 Å². The number of hydrogen-bond donors (Lipinski definition) is 3. The molecule has 0 saturated heterocycles. The van der Waals surface area contributed by atoms with E-state index in [2.05, 4.69) is 41.5 Å². The number of aliphatic hydroxyl groups is 1. The van der Waals surface area contributed by atoms with E-state index in [0.29, 0.717) is 25.7 Å². The van der Waals surface area contributed by atoms with Crippen molar-refractivity contribution in [3.8, 4) is 0 Å². The lowest BCUT2D eigenvalue weighted by Gasteiger charge is -2.21. The Morgan fingerprint density at radius 1 is 0.297 bits per heavy atom. The molecular formula is C72H140O17P2. The average molecular weight is 1340 g/mol. The van der Waals surface area contributed by atoms with Crippen LogP contribution in [0.3, 0.4) is 0 Å². The van der Waals surface area contributed by atoms with Crippen molar-refractivity contribution in [3.63, 3.8) is 0 Å². The van der Waals surface area contributed by atoms with E-state index in [1.807, 2.05) is 0 Å². The molecule has 5 atom stereocenters. The zero-order valence-corrected chi connectivity index (χ0v) is 60.9. The summed E-state index contributed by atoms with van der Waals surface area (Å²) in [5, 5.41) is 10.6. The maximum Gasteiger partial charge on any atom is 0.472 e. The van der Waals surface area contributed by atoms with Crippen LogP contribution < -0.4 is 0 Å². The lowest BCUT2D eigenvalue weighted by atomic mass is 10.0. The normalized spacial score (nSPS) is 14.1. The van der Waals surface area contributed by atoms with Crippen molar-refractivity contribution in [2.45, 2.75) is 387 Å². The van der Waals surface area contributed by atoms with Gasteiger partial charge in [0.2, 0.25) is 0 Å². The van der Waals surface area contributed by atoms with Crippen LogP contribution in [-0.4, -0.2) is 96.7 Å². The van der Waals surface area contributed by atoms with Crippen molar-refractivity contribution in [2.24, 2.45) is 11.8 Å². The Labute approximate surface area is 556 Å². The molecule has 0 aliphatic heterocycles. The minimum Gasteiger partial charge on any atom is -0.462 e. The van der Waals surface area contributed by atoms with E-state index in [1.54, 1.807) is 0 Å². The fraction of sp³-hybridized carbons (Fsp3) is 0.944. The van der Waals surface area contributed by atoms with Crippen molar-refractivity contribution in [2.75, 3.05) is 39.6 Å². The molecule has 0 amide bonds. The van der Waals surface area contributed by atoms with Gasteiger partial charge in [-0.3, -0.25) is 37.3 Å². The number of aliphatic hydroxyl groups excluding tert-OH is 1. The first-order chi connectivity index (χ1) is 43.9. The summed E-state index contributed by atoms with van der Waals surface area (Å²) in [5.41, 5.74) is 0. The van der Waals surface area contributed by atoms with Crippen molar-refractivity contribution < 1.29 is 80.2 Å². The zero-order valence-electron chi connectivity index (χ0n) is 59.1. The maximum atomic E-state index is 13.0. The number of esters is 4. The molecule has 0 heterocycles. The van der Waals surface area contributed by atoms with Gasteiger partial charge in [0.05, 0.1) is 26.4 Å². The van der Waals surface area contributed by atoms with Crippen LogP contribution in [0.1, 0.15) is 369 Å². The third kappa shape index (κ3) is 66.5. The van der Waals surface area contributed by atoms with Crippen molar-refractivity contribution in [1.29, 1.82) is 0 Å². The topological polar surface area (TPSA) is 237 Å². The number of ether oxygens (including phenoxy) is 4. The first kappa shape index (κ1) is 89.1. The highest BCUT2D eigenvalue weighted by molar-refractivity contribution is 7.47. The first-order valence-corrected chi connectivity index (χ1v) is 40.5. The van der Waals surface area contributed by atoms with Crippen molar-refractivity contribution in [1.82, 2.24) is 0 Å². The van der Waals surface area contributed by atoms with Crippen LogP contribution in [0.2, 0.25) is 0 Å². The van der Waals surface area contributed by atoms with Gasteiger partial charge >= 0.3 is 39.5 Å². The summed E-state index contributed by atoms with van der Waals surface area (Å²) in [6, 6.07) is 0. The summed E-state index contributed by atoms with van der Waals surface area (Å²) in [7, 11) is -9.90. The summed E-state index contributed by atoms with van der Waals surface area (Å²) in [6.45, 7) is 9.52. The summed E-state index contributed by atoms with van der Waals surface area (Å²) in [4.78, 5) is 72.6. The van der Waals surface area contributed by atoms with Crippen LogP contribution in [0.4, 0.5) is 0 Å². The second-order valence-corrected chi connectivity index (χ2v) is 29.8. The van der Waals surface area contributed by atoms with Gasteiger partial charge in [-0.25, -0.2) is 9.13 Å². The SMILES string of the molecule is CCCCCCCCCCCCCCCCCCCC(=O)O[C@H](COC(=O)CCCCCCCCCCCCCC(C)C)COP(=O)(O)OC[C@@H](O)COP(=O)(O)OC[C@@H](COC(=O)CCCCCCCCCC)OC(=O)CCCCCCCCCCCC(C)C. The number of carbonyl (C=O) groups is 4. The second kappa shape index (κ2) is 64.1. The smallest absolute Gasteiger partial charge is 0.462 e. The molecule has 0 aliphatic carbocycles. The third-order valence-corrected chi connectivity index (χ3v) is 18.6. The molecule has 17 nitrogen and oxygen atoms in total. The molecule has 0 aromatic heterocycles. The van der Waals surface area contributed by atoms with Gasteiger partial charge in [-0.1, -0.05) is 318 Å². The molecule has 0 saturated carbocycles. The van der Waals surface area contributed by atoms with Gasteiger partial charge in [0.15, 0.2) is 12.2 Å². The highest BCUT2D eigenvalue weighted by Gasteiger charge is 2.30. The van der Waals surface area contributed by atoms with E-state index in [1.165, 1.54) is 180 Å². The minimum absolute atomic E-state index is 0.105. The Morgan fingerprint density at radius 3 is 0.747 bits per heavy atom. The van der Waals surface area contributed by atoms with Crippen molar-refractivity contribution >= 4 is 39.5 Å². The van der Waals surface area contributed by atoms with Crippen LogP contribution in [0, 0.1) is 11.8 Å². The minimum atomic E-state index is -4.95. The molecule has 0 spiro atoms. The van der Waals surface area contributed by atoms with Crippen LogP contribution >= 0.6 is 15.6 Å². The van der Waals surface area contributed by atoms with Gasteiger partial charge in [0.25, 0.3) is 0 Å². The van der Waals surface area contributed by atoms with E-state index < -0.39 is 97.5 Å². The molecule has 0 aromatic carbocycles. The quantitative estimate of drug-likeness (QED) is 0.0222. The molecular weight excluding hydrogens is 1200 g/mol. The third-order valence-electron chi connectivity index (χ3n) is 16.7. The fourth-order valence-corrected chi connectivity index (χ4v) is 12.5. The van der Waals surface area contributed by atoms with Crippen LogP contribution in [0.25, 0.3) is 0 Å². The molecule has 0 fully saturated rings. The summed E-state index contributed by atoms with van der Waals surface area (Å²) in [5.74, 6) is -0.616. The van der Waals surface area contributed by atoms with E-state index in [-0.39, 0.29) is 25.7 Å². The fourth-order valence-electron chi connectivity index (χ4n) is 10.9. The molecule has 91 heavy (non-hydrogen) atoms. The molecule has 2 unspecified atom stereocenters. The number of carbonyl (C=O) groups excluding carboxylic acids is 4. The lowest BCUT2D eigenvalue weighted by molar-refractivity contribution is -0.161.